The molecule has 0 N–H and O–H groups in total. The SMILES string of the molecule is CCC(=Cc1sc2ccc(C)cc2[n+]1CC)C=C1SC2C=CC(Cl)=CC2N1CCCS(=O)(=O)[O-]. The lowest BCUT2D eigenvalue weighted by molar-refractivity contribution is -0.665. The second kappa shape index (κ2) is 10.6. The van der Waals surface area contributed by atoms with Gasteiger partial charge in [-0.15, -0.1) is 0 Å². The molecular weight excluding hydrogens is 508 g/mol. The number of rotatable bonds is 8. The monoisotopic (exact) mass is 536 g/mol. The molecule has 1 aromatic carbocycles. The second-order valence-electron chi connectivity index (χ2n) is 8.50. The fourth-order valence-corrected chi connectivity index (χ4v) is 7.58. The lowest BCUT2D eigenvalue weighted by Crippen LogP contribution is -2.34. The van der Waals surface area contributed by atoms with Crippen LogP contribution in [0.5, 0.6) is 0 Å². The van der Waals surface area contributed by atoms with Crippen molar-refractivity contribution in [3.05, 3.63) is 68.7 Å². The number of nitrogens with zero attached hydrogens (tertiary/aromatic N) is 2. The summed E-state index contributed by atoms with van der Waals surface area (Å²) in [5.41, 5.74) is 3.71. The maximum absolute atomic E-state index is 11.2. The molecule has 0 amide bonds. The van der Waals surface area contributed by atoms with Gasteiger partial charge in [-0.05, 0) is 62.1 Å². The molecule has 0 spiro atoms. The molecule has 0 saturated carbocycles. The van der Waals surface area contributed by atoms with Crippen molar-refractivity contribution < 1.29 is 17.5 Å². The molecule has 2 atom stereocenters. The smallest absolute Gasteiger partial charge is 0.263 e. The van der Waals surface area contributed by atoms with Crippen LogP contribution in [0.1, 0.15) is 37.3 Å². The summed E-state index contributed by atoms with van der Waals surface area (Å²) in [6.07, 6.45) is 11.7. The zero-order chi connectivity index (χ0) is 24.5. The van der Waals surface area contributed by atoms with E-state index >= 15 is 0 Å². The fourth-order valence-electron chi connectivity index (χ4n) is 4.34. The Morgan fingerprint density at radius 2 is 2.12 bits per heavy atom. The Hall–Kier alpha value is -1.58. The van der Waals surface area contributed by atoms with Gasteiger partial charge in [-0.25, -0.2) is 8.42 Å². The third-order valence-corrected chi connectivity index (χ3v) is 9.49. The van der Waals surface area contributed by atoms with E-state index in [1.165, 1.54) is 26.4 Å². The van der Waals surface area contributed by atoms with E-state index in [9.17, 15) is 13.0 Å². The van der Waals surface area contributed by atoms with Gasteiger partial charge in [-0.2, -0.15) is 4.57 Å². The van der Waals surface area contributed by atoms with Crippen LogP contribution < -0.4 is 4.57 Å². The van der Waals surface area contributed by atoms with Crippen molar-refractivity contribution in [3.63, 3.8) is 0 Å². The van der Waals surface area contributed by atoms with Crippen LogP contribution in [0, 0.1) is 6.92 Å². The van der Waals surface area contributed by atoms with E-state index in [0.717, 1.165) is 18.0 Å². The lowest BCUT2D eigenvalue weighted by atomic mass is 10.1. The molecule has 2 unspecified atom stereocenters. The van der Waals surface area contributed by atoms with Crippen LogP contribution in [0.3, 0.4) is 0 Å². The Morgan fingerprint density at radius 1 is 1.32 bits per heavy atom. The molecule has 5 nitrogen and oxygen atoms in total. The average Bonchev–Trinajstić information content (AvgIpc) is 3.29. The maximum Gasteiger partial charge on any atom is 0.263 e. The van der Waals surface area contributed by atoms with E-state index in [1.54, 1.807) is 23.1 Å². The first kappa shape index (κ1) is 25.5. The van der Waals surface area contributed by atoms with E-state index in [-0.39, 0.29) is 17.0 Å². The topological polar surface area (TPSA) is 64.3 Å². The summed E-state index contributed by atoms with van der Waals surface area (Å²) in [6, 6.07) is 6.63. The molecule has 1 saturated heterocycles. The van der Waals surface area contributed by atoms with Gasteiger partial charge in [0.1, 0.15) is 11.2 Å². The van der Waals surface area contributed by atoms with E-state index in [4.69, 9.17) is 11.6 Å². The van der Waals surface area contributed by atoms with Crippen LogP contribution in [0.2, 0.25) is 0 Å². The van der Waals surface area contributed by atoms with E-state index in [1.807, 2.05) is 12.2 Å². The molecule has 0 bridgehead atoms. The van der Waals surface area contributed by atoms with Crippen molar-refractivity contribution >= 4 is 61.1 Å². The van der Waals surface area contributed by atoms with Crippen LogP contribution in [-0.2, 0) is 16.7 Å². The van der Waals surface area contributed by atoms with Gasteiger partial charge < -0.3 is 9.45 Å². The fraction of sp³-hybridized carbons (Fsp3) is 0.400. The first-order chi connectivity index (χ1) is 16.2. The predicted molar refractivity (Wildman–Crippen MR) is 143 cm³/mol. The Morgan fingerprint density at radius 3 is 2.82 bits per heavy atom. The number of allylic oxidation sites excluding steroid dienone is 4. The normalized spacial score (nSPS) is 22.0. The minimum Gasteiger partial charge on any atom is -0.748 e. The quantitative estimate of drug-likeness (QED) is 0.326. The van der Waals surface area contributed by atoms with Crippen molar-refractivity contribution in [2.75, 3.05) is 12.3 Å². The van der Waals surface area contributed by atoms with E-state index in [2.05, 4.69) is 66.7 Å². The third-order valence-electron chi connectivity index (χ3n) is 6.03. The highest BCUT2D eigenvalue weighted by Crippen LogP contribution is 2.43. The third kappa shape index (κ3) is 5.79. The van der Waals surface area contributed by atoms with Gasteiger partial charge in [-0.3, -0.25) is 0 Å². The van der Waals surface area contributed by atoms with Crippen molar-refractivity contribution in [1.29, 1.82) is 0 Å². The number of aromatic nitrogens is 1. The maximum atomic E-state index is 11.2. The van der Waals surface area contributed by atoms with Crippen molar-refractivity contribution in [2.45, 2.75) is 51.4 Å². The van der Waals surface area contributed by atoms with Gasteiger partial charge in [-0.1, -0.05) is 53.8 Å². The standard InChI is InChI=1S/C25H29ClN2O3S3/c1-4-18(14-24-27(5-2)20-13-17(3)7-9-22(20)32-24)15-25-28(11-6-12-34(29,30)31)21-16-19(26)8-10-23(21)33-25/h7-10,13-16,21,23H,4-6,11-12H2,1-3H3. The molecule has 2 aliphatic rings. The molecule has 1 fully saturated rings. The summed E-state index contributed by atoms with van der Waals surface area (Å²) in [6.45, 7) is 7.82. The molecule has 34 heavy (non-hydrogen) atoms. The highest BCUT2D eigenvalue weighted by molar-refractivity contribution is 8.04. The summed E-state index contributed by atoms with van der Waals surface area (Å²) in [5, 5.41) is 3.19. The van der Waals surface area contributed by atoms with Crippen LogP contribution in [0.4, 0.5) is 0 Å². The molecule has 0 radical (unpaired) electrons. The van der Waals surface area contributed by atoms with Gasteiger partial charge in [0.2, 0.25) is 5.52 Å². The van der Waals surface area contributed by atoms with Gasteiger partial charge in [0.15, 0.2) is 0 Å². The number of hydrogen-bond acceptors (Lipinski definition) is 6. The number of aryl methyl sites for hydroxylation is 2. The second-order valence-corrected chi connectivity index (χ2v) is 12.7. The summed E-state index contributed by atoms with van der Waals surface area (Å²) in [7, 11) is -4.24. The summed E-state index contributed by atoms with van der Waals surface area (Å²) in [4.78, 5) is 2.19. The number of hydrogen-bond donors (Lipinski definition) is 0. The van der Waals surface area contributed by atoms with Crippen molar-refractivity contribution in [1.82, 2.24) is 4.90 Å². The van der Waals surface area contributed by atoms with Crippen LogP contribution in [-0.4, -0.2) is 41.5 Å². The van der Waals surface area contributed by atoms with E-state index < -0.39 is 10.1 Å². The predicted octanol–water partition coefficient (Wildman–Crippen LogP) is 5.57. The molecule has 182 valence electrons. The van der Waals surface area contributed by atoms with Crippen LogP contribution in [0.15, 0.2) is 58.1 Å². The Balaban J connectivity index is 1.68. The van der Waals surface area contributed by atoms with E-state index in [0.29, 0.717) is 18.0 Å². The molecule has 1 aliphatic carbocycles. The first-order valence-corrected chi connectivity index (χ1v) is 15.1. The van der Waals surface area contributed by atoms with Gasteiger partial charge >= 0.3 is 0 Å². The highest BCUT2D eigenvalue weighted by atomic mass is 35.5. The average molecular weight is 537 g/mol. The largest absolute Gasteiger partial charge is 0.748 e. The van der Waals surface area contributed by atoms with Crippen molar-refractivity contribution in [2.24, 2.45) is 0 Å². The Labute approximate surface area is 215 Å². The minimum absolute atomic E-state index is 0.0501. The number of fused-ring (bicyclic) bond motifs is 2. The van der Waals surface area contributed by atoms with Crippen LogP contribution >= 0.6 is 34.7 Å². The summed E-state index contributed by atoms with van der Waals surface area (Å²) >= 11 is 9.84. The molecular formula is C25H29ClN2O3S3. The lowest BCUT2D eigenvalue weighted by Gasteiger charge is -2.28. The Bertz CT molecular complexity index is 1310. The number of thioether (sulfide) groups is 1. The van der Waals surface area contributed by atoms with Crippen LogP contribution in [0.25, 0.3) is 16.3 Å². The molecule has 4 rings (SSSR count). The number of thiazole rings is 1. The molecule has 1 aliphatic heterocycles. The summed E-state index contributed by atoms with van der Waals surface area (Å²) in [5.74, 6) is -0.361. The first-order valence-electron chi connectivity index (χ1n) is 11.5. The molecule has 1 aromatic heterocycles. The van der Waals surface area contributed by atoms with Gasteiger partial charge in [0.05, 0.1) is 26.4 Å². The zero-order valence-corrected chi connectivity index (χ0v) is 22.7. The number of benzene rings is 1. The molecule has 2 heterocycles. The zero-order valence-electron chi connectivity index (χ0n) is 19.5. The van der Waals surface area contributed by atoms with Gasteiger partial charge in [0.25, 0.3) is 5.01 Å². The summed E-state index contributed by atoms with van der Waals surface area (Å²) < 4.78 is 37.1. The molecule has 2 aromatic rings. The van der Waals surface area contributed by atoms with Crippen molar-refractivity contribution in [3.8, 4) is 0 Å². The molecule has 9 heteroatoms. The minimum atomic E-state index is -4.24. The highest BCUT2D eigenvalue weighted by Gasteiger charge is 2.36. The van der Waals surface area contributed by atoms with Gasteiger partial charge in [0, 0.05) is 29.5 Å². The number of halogens is 1. The Kier molecular flexibility index (Phi) is 7.94.